The van der Waals surface area contributed by atoms with Gasteiger partial charge in [0.1, 0.15) is 5.75 Å². The summed E-state index contributed by atoms with van der Waals surface area (Å²) in [6.07, 6.45) is -2.95. The Hall–Kier alpha value is -1.52. The molecule has 1 aromatic rings. The summed E-state index contributed by atoms with van der Waals surface area (Å²) in [7, 11) is 1.19. The summed E-state index contributed by atoms with van der Waals surface area (Å²) in [6, 6.07) is 2.59. The Morgan fingerprint density at radius 3 is 2.43 bits per heavy atom. The first-order chi connectivity index (χ1) is 6.49. The van der Waals surface area contributed by atoms with Crippen molar-refractivity contribution >= 4 is 6.29 Å². The van der Waals surface area contributed by atoms with Crippen molar-refractivity contribution in [3.8, 4) is 5.75 Å². The van der Waals surface area contributed by atoms with E-state index in [0.717, 1.165) is 18.2 Å². The summed E-state index contributed by atoms with van der Waals surface area (Å²) in [5.74, 6) is -0.130. The number of hydrogen-bond acceptors (Lipinski definition) is 2. The van der Waals surface area contributed by atoms with Crippen LogP contribution in [-0.2, 0) is 11.0 Å². The molecular weight excluding hydrogens is 197 g/mol. The predicted molar refractivity (Wildman–Crippen MR) is 42.8 cm³/mol. The summed E-state index contributed by atoms with van der Waals surface area (Å²) in [6.45, 7) is 0. The van der Waals surface area contributed by atoms with Gasteiger partial charge in [-0.2, -0.15) is 13.2 Å². The standard InChI is InChI=1S/C9H6F3O2/c1-14-8-4-7(9(10,11)12)3-2-6(8)5-13/h2-4H,1H3. The van der Waals surface area contributed by atoms with Crippen LogP contribution in [0.1, 0.15) is 11.1 Å². The van der Waals surface area contributed by atoms with Crippen LogP contribution < -0.4 is 4.74 Å². The second-order valence-corrected chi connectivity index (χ2v) is 2.51. The lowest BCUT2D eigenvalue weighted by molar-refractivity contribution is -0.137. The average Bonchev–Trinajstić information content (AvgIpc) is 2.15. The van der Waals surface area contributed by atoms with Gasteiger partial charge in [0, 0.05) is 0 Å². The maximum absolute atomic E-state index is 12.2. The zero-order valence-electron chi connectivity index (χ0n) is 7.18. The lowest BCUT2D eigenvalue weighted by atomic mass is 10.1. The van der Waals surface area contributed by atoms with Gasteiger partial charge in [0.2, 0.25) is 6.29 Å². The van der Waals surface area contributed by atoms with Crippen LogP contribution in [0.4, 0.5) is 13.2 Å². The molecule has 14 heavy (non-hydrogen) atoms. The Balaban J connectivity index is 3.21. The van der Waals surface area contributed by atoms with Gasteiger partial charge >= 0.3 is 6.18 Å². The molecule has 5 heteroatoms. The molecule has 0 bridgehead atoms. The third-order valence-electron chi connectivity index (χ3n) is 1.64. The van der Waals surface area contributed by atoms with E-state index in [1.807, 2.05) is 0 Å². The fourth-order valence-electron chi connectivity index (χ4n) is 0.952. The Labute approximate surface area is 78.3 Å². The van der Waals surface area contributed by atoms with E-state index in [4.69, 9.17) is 0 Å². The number of alkyl halides is 3. The minimum atomic E-state index is -4.44. The molecule has 0 amide bonds. The van der Waals surface area contributed by atoms with Gasteiger partial charge in [0.05, 0.1) is 18.2 Å². The van der Waals surface area contributed by atoms with E-state index in [0.29, 0.717) is 0 Å². The maximum atomic E-state index is 12.2. The summed E-state index contributed by atoms with van der Waals surface area (Å²) in [5, 5.41) is 0. The molecule has 0 atom stereocenters. The molecule has 1 rings (SSSR count). The van der Waals surface area contributed by atoms with Gasteiger partial charge in [-0.1, -0.05) is 0 Å². The van der Waals surface area contributed by atoms with Crippen molar-refractivity contribution in [2.45, 2.75) is 6.18 Å². The molecule has 2 nitrogen and oxygen atoms in total. The van der Waals surface area contributed by atoms with Gasteiger partial charge in [-0.15, -0.1) is 0 Å². The highest BCUT2D eigenvalue weighted by Crippen LogP contribution is 2.32. The van der Waals surface area contributed by atoms with Crippen LogP contribution in [0.25, 0.3) is 0 Å². The van der Waals surface area contributed by atoms with Crippen molar-refractivity contribution in [1.82, 2.24) is 0 Å². The van der Waals surface area contributed by atoms with Crippen molar-refractivity contribution in [1.29, 1.82) is 0 Å². The third kappa shape index (κ3) is 2.04. The Bertz CT molecular complexity index is 344. The van der Waals surface area contributed by atoms with Gasteiger partial charge in [0.15, 0.2) is 0 Å². The van der Waals surface area contributed by atoms with Gasteiger partial charge in [-0.3, -0.25) is 4.79 Å². The highest BCUT2D eigenvalue weighted by atomic mass is 19.4. The smallest absolute Gasteiger partial charge is 0.416 e. The minimum absolute atomic E-state index is 0.0273. The summed E-state index contributed by atoms with van der Waals surface area (Å²) in [5.41, 5.74) is -0.881. The molecule has 0 saturated heterocycles. The zero-order valence-corrected chi connectivity index (χ0v) is 7.18. The quantitative estimate of drug-likeness (QED) is 0.736. The second-order valence-electron chi connectivity index (χ2n) is 2.51. The highest BCUT2D eigenvalue weighted by Gasteiger charge is 2.31. The van der Waals surface area contributed by atoms with Gasteiger partial charge in [-0.25, -0.2) is 0 Å². The number of carbonyl (C=O) groups excluding carboxylic acids is 1. The lowest BCUT2D eigenvalue weighted by Gasteiger charge is -2.09. The monoisotopic (exact) mass is 203 g/mol. The van der Waals surface area contributed by atoms with E-state index in [1.54, 1.807) is 0 Å². The molecule has 1 radical (unpaired) electrons. The molecule has 0 aliphatic carbocycles. The van der Waals surface area contributed by atoms with Gasteiger partial charge < -0.3 is 4.74 Å². The molecule has 0 fully saturated rings. The zero-order chi connectivity index (χ0) is 10.8. The molecule has 0 aliphatic rings. The molecule has 75 valence electrons. The number of halogens is 3. The van der Waals surface area contributed by atoms with Crippen LogP contribution in [0, 0.1) is 0 Å². The third-order valence-corrected chi connectivity index (χ3v) is 1.64. The first kappa shape index (κ1) is 10.6. The van der Waals surface area contributed by atoms with E-state index < -0.39 is 11.7 Å². The first-order valence-corrected chi connectivity index (χ1v) is 3.62. The van der Waals surface area contributed by atoms with E-state index in [1.165, 1.54) is 13.4 Å². The minimum Gasteiger partial charge on any atom is -0.496 e. The van der Waals surface area contributed by atoms with Gasteiger partial charge in [-0.05, 0) is 18.2 Å². The van der Waals surface area contributed by atoms with E-state index >= 15 is 0 Å². The van der Waals surface area contributed by atoms with Crippen LogP contribution in [0.5, 0.6) is 5.75 Å². The van der Waals surface area contributed by atoms with Crippen LogP contribution in [0.2, 0.25) is 0 Å². The lowest BCUT2D eigenvalue weighted by Crippen LogP contribution is -2.05. The number of hydrogen-bond donors (Lipinski definition) is 0. The summed E-state index contributed by atoms with van der Waals surface area (Å²) >= 11 is 0. The highest BCUT2D eigenvalue weighted by molar-refractivity contribution is 5.79. The molecule has 0 heterocycles. The number of methoxy groups -OCH3 is 1. The molecular formula is C9H6F3O2. The fourth-order valence-corrected chi connectivity index (χ4v) is 0.952. The SMILES string of the molecule is COc1cc(C(F)(F)F)ccc1[C]=O. The summed E-state index contributed by atoms with van der Waals surface area (Å²) in [4.78, 5) is 10.3. The largest absolute Gasteiger partial charge is 0.496 e. The molecule has 1 aromatic carbocycles. The maximum Gasteiger partial charge on any atom is 0.416 e. The topological polar surface area (TPSA) is 26.3 Å². The van der Waals surface area contributed by atoms with Crippen LogP contribution in [0.15, 0.2) is 18.2 Å². The number of benzene rings is 1. The van der Waals surface area contributed by atoms with Crippen LogP contribution >= 0.6 is 0 Å². The van der Waals surface area contributed by atoms with E-state index in [9.17, 15) is 18.0 Å². The van der Waals surface area contributed by atoms with Crippen LogP contribution in [-0.4, -0.2) is 13.4 Å². The Morgan fingerprint density at radius 2 is 2.00 bits per heavy atom. The van der Waals surface area contributed by atoms with Crippen LogP contribution in [0.3, 0.4) is 0 Å². The Morgan fingerprint density at radius 1 is 1.36 bits per heavy atom. The average molecular weight is 203 g/mol. The van der Waals surface area contributed by atoms with Crippen molar-refractivity contribution in [2.24, 2.45) is 0 Å². The molecule has 0 spiro atoms. The van der Waals surface area contributed by atoms with E-state index in [2.05, 4.69) is 4.74 Å². The van der Waals surface area contributed by atoms with Crippen molar-refractivity contribution in [3.05, 3.63) is 29.3 Å². The molecule has 0 N–H and O–H groups in total. The van der Waals surface area contributed by atoms with E-state index in [-0.39, 0.29) is 11.3 Å². The van der Waals surface area contributed by atoms with Crippen molar-refractivity contribution in [2.75, 3.05) is 7.11 Å². The van der Waals surface area contributed by atoms with Gasteiger partial charge in [0.25, 0.3) is 0 Å². The number of rotatable bonds is 2. The predicted octanol–water partition coefficient (Wildman–Crippen LogP) is 2.17. The summed E-state index contributed by atoms with van der Waals surface area (Å²) < 4.78 is 41.2. The molecule has 0 aliphatic heterocycles. The Kier molecular flexibility index (Phi) is 2.78. The molecule has 0 aromatic heterocycles. The fraction of sp³-hybridized carbons (Fsp3) is 0.222. The van der Waals surface area contributed by atoms with Crippen molar-refractivity contribution < 1.29 is 22.7 Å². The number of ether oxygens (including phenoxy) is 1. The second kappa shape index (κ2) is 3.69. The first-order valence-electron chi connectivity index (χ1n) is 3.62. The molecule has 0 unspecified atom stereocenters. The normalized spacial score (nSPS) is 11.1. The molecule has 0 saturated carbocycles. The van der Waals surface area contributed by atoms with Crippen molar-refractivity contribution in [3.63, 3.8) is 0 Å².